The number of nitrogen functional groups attached to an aromatic ring is 1. The van der Waals surface area contributed by atoms with Crippen molar-refractivity contribution in [2.75, 3.05) is 37.5 Å². The van der Waals surface area contributed by atoms with E-state index in [9.17, 15) is 13.2 Å². The summed E-state index contributed by atoms with van der Waals surface area (Å²) in [7, 11) is 1.61. The number of ether oxygens (including phenoxy) is 2. The number of hydrogen-bond donors (Lipinski definition) is 1. The van der Waals surface area contributed by atoms with Crippen molar-refractivity contribution in [3.8, 4) is 17.2 Å². The maximum atomic E-state index is 12.3. The average molecular weight is 500 g/mol. The molecular formula is C23H23F3N8O2. The molecule has 0 amide bonds. The number of para-hydroxylation sites is 1. The smallest absolute Gasteiger partial charge is 0.383 e. The van der Waals surface area contributed by atoms with Crippen molar-refractivity contribution in [1.82, 2.24) is 29.5 Å². The molecule has 188 valence electrons. The highest BCUT2D eigenvalue weighted by atomic mass is 19.4. The lowest BCUT2D eigenvalue weighted by molar-refractivity contribution is -0.176. The molecule has 3 heterocycles. The molecule has 0 aliphatic rings. The van der Waals surface area contributed by atoms with Crippen molar-refractivity contribution in [2.24, 2.45) is 0 Å². The van der Waals surface area contributed by atoms with Crippen molar-refractivity contribution >= 4 is 17.6 Å². The highest BCUT2D eigenvalue weighted by molar-refractivity contribution is 5.61. The second-order valence-electron chi connectivity index (χ2n) is 7.57. The van der Waals surface area contributed by atoms with Gasteiger partial charge in [-0.25, -0.2) is 4.98 Å². The van der Waals surface area contributed by atoms with E-state index < -0.39 is 12.8 Å². The van der Waals surface area contributed by atoms with Gasteiger partial charge in [0.05, 0.1) is 30.8 Å². The van der Waals surface area contributed by atoms with Gasteiger partial charge in [0.1, 0.15) is 12.9 Å². The summed E-state index contributed by atoms with van der Waals surface area (Å²) < 4.78 is 48.4. The fourth-order valence-electron chi connectivity index (χ4n) is 3.33. The lowest BCUT2D eigenvalue weighted by Crippen LogP contribution is -2.25. The third-order valence-electron chi connectivity index (χ3n) is 4.95. The van der Waals surface area contributed by atoms with Crippen LogP contribution in [0.4, 0.5) is 30.8 Å². The number of anilines is 3. The Kier molecular flexibility index (Phi) is 7.71. The number of benzene rings is 1. The molecular weight excluding hydrogens is 477 g/mol. The quantitative estimate of drug-likeness (QED) is 0.349. The molecule has 0 unspecified atom stereocenters. The van der Waals surface area contributed by atoms with Gasteiger partial charge in [0, 0.05) is 31.1 Å². The maximum Gasteiger partial charge on any atom is 0.411 e. The molecule has 13 heteroatoms. The van der Waals surface area contributed by atoms with Crippen LogP contribution in [0.2, 0.25) is 0 Å². The van der Waals surface area contributed by atoms with E-state index >= 15 is 0 Å². The van der Waals surface area contributed by atoms with E-state index in [0.717, 1.165) is 5.69 Å². The molecule has 36 heavy (non-hydrogen) atoms. The first-order chi connectivity index (χ1) is 17.3. The van der Waals surface area contributed by atoms with E-state index in [4.69, 9.17) is 10.5 Å². The number of pyridine rings is 1. The molecule has 0 saturated heterocycles. The van der Waals surface area contributed by atoms with Crippen molar-refractivity contribution in [1.29, 1.82) is 0 Å². The summed E-state index contributed by atoms with van der Waals surface area (Å²) in [4.78, 5) is 23.5. The fourth-order valence-corrected chi connectivity index (χ4v) is 3.33. The van der Waals surface area contributed by atoms with Gasteiger partial charge in [0.2, 0.25) is 17.8 Å². The maximum absolute atomic E-state index is 12.3. The predicted molar refractivity (Wildman–Crippen MR) is 126 cm³/mol. The van der Waals surface area contributed by atoms with E-state index in [0.29, 0.717) is 36.1 Å². The van der Waals surface area contributed by atoms with Gasteiger partial charge in [-0.05, 0) is 24.3 Å². The molecule has 10 nitrogen and oxygen atoms in total. The predicted octanol–water partition coefficient (Wildman–Crippen LogP) is 3.56. The zero-order chi connectivity index (χ0) is 25.5. The van der Waals surface area contributed by atoms with Gasteiger partial charge in [-0.15, -0.1) is 0 Å². The second kappa shape index (κ2) is 11.1. The van der Waals surface area contributed by atoms with Crippen molar-refractivity contribution < 1.29 is 22.6 Å². The number of rotatable bonds is 10. The first-order valence-corrected chi connectivity index (χ1v) is 10.8. The largest absolute Gasteiger partial charge is 0.411 e. The summed E-state index contributed by atoms with van der Waals surface area (Å²) in [5, 5.41) is 0. The molecule has 0 aliphatic carbocycles. The lowest BCUT2D eigenvalue weighted by Gasteiger charge is -2.23. The monoisotopic (exact) mass is 500 g/mol. The van der Waals surface area contributed by atoms with E-state index in [1.165, 1.54) is 12.5 Å². The third-order valence-corrected chi connectivity index (χ3v) is 4.95. The van der Waals surface area contributed by atoms with E-state index in [1.54, 1.807) is 30.0 Å². The summed E-state index contributed by atoms with van der Waals surface area (Å²) in [6, 6.07) is 12.8. The van der Waals surface area contributed by atoms with Gasteiger partial charge in [-0.2, -0.15) is 28.1 Å². The van der Waals surface area contributed by atoms with Crippen LogP contribution in [-0.4, -0.2) is 62.5 Å². The van der Waals surface area contributed by atoms with Crippen LogP contribution in [-0.2, 0) is 16.1 Å². The fraction of sp³-hybridized carbons (Fsp3) is 0.261. The Morgan fingerprint density at radius 2 is 1.83 bits per heavy atom. The van der Waals surface area contributed by atoms with Gasteiger partial charge in [-0.1, -0.05) is 18.2 Å². The topological polar surface area (TPSA) is 117 Å². The van der Waals surface area contributed by atoms with Gasteiger partial charge in [0.15, 0.2) is 0 Å². The summed E-state index contributed by atoms with van der Waals surface area (Å²) in [6.07, 6.45) is 0.240. The molecule has 0 aliphatic heterocycles. The number of imidazole rings is 1. The van der Waals surface area contributed by atoms with Crippen LogP contribution in [0.5, 0.6) is 0 Å². The van der Waals surface area contributed by atoms with Crippen LogP contribution >= 0.6 is 0 Å². The number of aromatic nitrogens is 6. The highest BCUT2D eigenvalue weighted by Gasteiger charge is 2.27. The van der Waals surface area contributed by atoms with Gasteiger partial charge in [-0.3, -0.25) is 9.55 Å². The van der Waals surface area contributed by atoms with Crippen LogP contribution < -0.4 is 10.6 Å². The molecule has 0 saturated carbocycles. The second-order valence-corrected chi connectivity index (χ2v) is 7.57. The van der Waals surface area contributed by atoms with Crippen molar-refractivity contribution in [3.63, 3.8) is 0 Å². The first-order valence-electron chi connectivity index (χ1n) is 10.8. The summed E-state index contributed by atoms with van der Waals surface area (Å²) >= 11 is 0. The number of nitrogens with two attached hydrogens (primary N) is 1. The number of alkyl halides is 3. The Balaban J connectivity index is 1.61. The molecule has 0 radical (unpaired) electrons. The van der Waals surface area contributed by atoms with E-state index in [2.05, 4.69) is 29.7 Å². The van der Waals surface area contributed by atoms with Crippen LogP contribution in [0.15, 0.2) is 61.2 Å². The zero-order valence-electron chi connectivity index (χ0n) is 19.3. The average Bonchev–Trinajstić information content (AvgIpc) is 3.34. The molecule has 2 N–H and O–H groups in total. The van der Waals surface area contributed by atoms with Gasteiger partial charge < -0.3 is 20.1 Å². The minimum absolute atomic E-state index is 0.0169. The number of methoxy groups -OCH3 is 1. The van der Waals surface area contributed by atoms with E-state index in [1.807, 2.05) is 35.2 Å². The Labute approximate surface area is 204 Å². The molecule has 3 aromatic heterocycles. The van der Waals surface area contributed by atoms with Crippen LogP contribution in [0.3, 0.4) is 0 Å². The molecule has 0 bridgehead atoms. The highest BCUT2D eigenvalue weighted by Crippen LogP contribution is 2.25. The number of halogens is 3. The summed E-state index contributed by atoms with van der Waals surface area (Å²) in [6.45, 7) is -0.696. The van der Waals surface area contributed by atoms with Crippen molar-refractivity contribution in [3.05, 3.63) is 66.9 Å². The molecule has 1 aromatic carbocycles. The molecule has 4 aromatic rings. The van der Waals surface area contributed by atoms with Crippen LogP contribution in [0.25, 0.3) is 17.2 Å². The minimum atomic E-state index is -4.39. The number of nitrogens with zero attached hydrogens (tertiary/aromatic N) is 7. The molecule has 0 spiro atoms. The molecule has 4 rings (SSSR count). The Hall–Kier alpha value is -4.10. The first kappa shape index (κ1) is 25.0. The summed E-state index contributed by atoms with van der Waals surface area (Å²) in [5.74, 6) is 0.583. The molecule has 0 fully saturated rings. The van der Waals surface area contributed by atoms with Crippen LogP contribution in [0.1, 0.15) is 5.69 Å². The molecule has 0 atom stereocenters. The van der Waals surface area contributed by atoms with Gasteiger partial charge >= 0.3 is 6.18 Å². The van der Waals surface area contributed by atoms with E-state index in [-0.39, 0.29) is 18.5 Å². The Bertz CT molecular complexity index is 1270. The Morgan fingerprint density at radius 3 is 2.53 bits per heavy atom. The minimum Gasteiger partial charge on any atom is -0.383 e. The number of hydrogen-bond acceptors (Lipinski definition) is 9. The Morgan fingerprint density at radius 1 is 1.03 bits per heavy atom. The standard InChI is InChI=1S/C23H23F3N8O2/c1-35-10-9-33(18-5-3-2-4-6-18)21-30-20(27)31-22(32-21)34-15-28-12-19(34)16-7-8-17(29-11-16)13-36-14-23(24,25)26/h2-8,11-12,15H,9-10,13-14H2,1H3,(H2,27,30,31,32). The SMILES string of the molecule is COCCN(c1ccccc1)c1nc(N)nc(-n2cncc2-c2ccc(COCC(F)(F)F)nc2)n1. The van der Waals surface area contributed by atoms with Crippen molar-refractivity contribution in [2.45, 2.75) is 12.8 Å². The van der Waals surface area contributed by atoms with Gasteiger partial charge in [0.25, 0.3) is 0 Å². The zero-order valence-corrected chi connectivity index (χ0v) is 19.3. The normalized spacial score (nSPS) is 11.6. The summed E-state index contributed by atoms with van der Waals surface area (Å²) in [5.41, 5.74) is 8.49. The third kappa shape index (κ3) is 6.31. The van der Waals surface area contributed by atoms with Crippen LogP contribution in [0, 0.1) is 0 Å². The lowest BCUT2D eigenvalue weighted by atomic mass is 10.2.